The Labute approximate surface area is 100 Å². The Morgan fingerprint density at radius 2 is 2.33 bits per heavy atom. The number of esters is 1. The third-order valence-corrected chi connectivity index (χ3v) is 3.08. The number of ether oxygens (including phenoxy) is 1. The summed E-state index contributed by atoms with van der Waals surface area (Å²) in [4.78, 5) is 12.2. The van der Waals surface area contributed by atoms with Gasteiger partial charge in [-0.3, -0.25) is 4.79 Å². The minimum atomic E-state index is -0.229. The minimum Gasteiger partial charge on any atom is -0.466 e. The zero-order valence-electron chi connectivity index (χ0n) is 8.86. The van der Waals surface area contributed by atoms with Gasteiger partial charge in [-0.25, -0.2) is 0 Å². The predicted octanol–water partition coefficient (Wildman–Crippen LogP) is 2.43. The molecule has 0 aliphatic carbocycles. The van der Waals surface area contributed by atoms with Crippen LogP contribution in [0.3, 0.4) is 0 Å². The van der Waals surface area contributed by atoms with Crippen molar-refractivity contribution >= 4 is 29.7 Å². The quantitative estimate of drug-likeness (QED) is 0.834. The first-order valence-electron chi connectivity index (χ1n) is 4.60. The van der Waals surface area contributed by atoms with E-state index in [2.05, 4.69) is 0 Å². The van der Waals surface area contributed by atoms with E-state index in [9.17, 15) is 4.79 Å². The van der Waals surface area contributed by atoms with Gasteiger partial charge in [0.25, 0.3) is 0 Å². The number of carbonyl (C=O) groups excluding carboxylic acids is 1. The maximum absolute atomic E-state index is 11.2. The van der Waals surface area contributed by atoms with Crippen molar-refractivity contribution in [2.75, 3.05) is 6.61 Å². The van der Waals surface area contributed by atoms with E-state index in [0.29, 0.717) is 6.61 Å². The predicted molar refractivity (Wildman–Crippen MR) is 64.5 cm³/mol. The number of nitrogens with two attached hydrogens (primary N) is 1. The minimum absolute atomic E-state index is 0. The van der Waals surface area contributed by atoms with E-state index >= 15 is 0 Å². The largest absolute Gasteiger partial charge is 0.466 e. The smallest absolute Gasteiger partial charge is 0.307 e. The monoisotopic (exact) mass is 249 g/mol. The molecule has 0 unspecified atom stereocenters. The van der Waals surface area contributed by atoms with Gasteiger partial charge < -0.3 is 10.5 Å². The average Bonchev–Trinajstić information content (AvgIpc) is 2.51. The second-order valence-corrected chi connectivity index (χ2v) is 4.03. The molecule has 0 aromatic carbocycles. The first-order valence-corrected chi connectivity index (χ1v) is 5.48. The van der Waals surface area contributed by atoms with E-state index in [0.717, 1.165) is 10.4 Å². The van der Waals surface area contributed by atoms with Crippen molar-refractivity contribution in [1.82, 2.24) is 0 Å². The van der Waals surface area contributed by atoms with Gasteiger partial charge >= 0.3 is 5.97 Å². The molecular formula is C10H16ClNO2S. The van der Waals surface area contributed by atoms with Crippen LogP contribution in [-0.2, 0) is 9.53 Å². The molecule has 0 aliphatic rings. The summed E-state index contributed by atoms with van der Waals surface area (Å²) in [6.45, 7) is 4.20. The van der Waals surface area contributed by atoms with Gasteiger partial charge in [0.15, 0.2) is 0 Å². The van der Waals surface area contributed by atoms with E-state index in [1.807, 2.05) is 18.4 Å². The summed E-state index contributed by atoms with van der Waals surface area (Å²) in [5, 5.41) is 1.98. The van der Waals surface area contributed by atoms with Gasteiger partial charge in [-0.05, 0) is 30.9 Å². The first kappa shape index (κ1) is 14.4. The summed E-state index contributed by atoms with van der Waals surface area (Å²) in [7, 11) is 0. The fourth-order valence-electron chi connectivity index (χ4n) is 1.26. The lowest BCUT2D eigenvalue weighted by Crippen LogP contribution is -2.16. The first-order chi connectivity index (χ1) is 6.65. The highest BCUT2D eigenvalue weighted by Crippen LogP contribution is 2.24. The van der Waals surface area contributed by atoms with E-state index in [1.54, 1.807) is 18.3 Å². The van der Waals surface area contributed by atoms with E-state index in [1.165, 1.54) is 0 Å². The number of carbonyl (C=O) groups is 1. The van der Waals surface area contributed by atoms with Gasteiger partial charge in [-0.2, -0.15) is 0 Å². The molecule has 1 aromatic rings. The van der Waals surface area contributed by atoms with Crippen molar-refractivity contribution in [1.29, 1.82) is 0 Å². The van der Waals surface area contributed by atoms with Crippen molar-refractivity contribution in [3.05, 3.63) is 21.9 Å². The molecule has 5 heteroatoms. The molecule has 15 heavy (non-hydrogen) atoms. The molecule has 0 radical (unpaired) electrons. The third-order valence-electron chi connectivity index (χ3n) is 1.93. The Balaban J connectivity index is 0.00000196. The van der Waals surface area contributed by atoms with Crippen molar-refractivity contribution < 1.29 is 9.53 Å². The van der Waals surface area contributed by atoms with Crippen molar-refractivity contribution in [3.8, 4) is 0 Å². The Morgan fingerprint density at radius 1 is 1.67 bits per heavy atom. The summed E-state index contributed by atoms with van der Waals surface area (Å²) in [5.74, 6) is -0.229. The fourth-order valence-corrected chi connectivity index (χ4v) is 2.19. The molecule has 1 heterocycles. The van der Waals surface area contributed by atoms with Gasteiger partial charge in [0.05, 0.1) is 13.0 Å². The molecule has 0 spiro atoms. The summed E-state index contributed by atoms with van der Waals surface area (Å²) >= 11 is 1.58. The summed E-state index contributed by atoms with van der Waals surface area (Å²) in [6, 6.07) is 1.78. The maximum atomic E-state index is 11.2. The Hall–Kier alpha value is -0.580. The number of aryl methyl sites for hydroxylation is 1. The molecule has 0 saturated carbocycles. The number of halogens is 1. The van der Waals surface area contributed by atoms with Crippen LogP contribution in [0.1, 0.15) is 29.8 Å². The van der Waals surface area contributed by atoms with Crippen molar-refractivity contribution in [2.24, 2.45) is 5.73 Å². The molecule has 0 bridgehead atoms. The highest BCUT2D eigenvalue weighted by molar-refractivity contribution is 7.10. The lowest BCUT2D eigenvalue weighted by Gasteiger charge is -2.09. The highest BCUT2D eigenvalue weighted by atomic mass is 35.5. The van der Waals surface area contributed by atoms with Crippen LogP contribution in [0.5, 0.6) is 0 Å². The van der Waals surface area contributed by atoms with Crippen LogP contribution in [0.2, 0.25) is 0 Å². The highest BCUT2D eigenvalue weighted by Gasteiger charge is 2.15. The topological polar surface area (TPSA) is 52.3 Å². The standard InChI is InChI=1S/C10H15NO2S.ClH/c1-3-13-9(12)6-8(11)10-7(2)4-5-14-10;/h4-5,8H,3,6,11H2,1-2H3;1H/t8-;/m0./s1. The normalized spacial score (nSPS) is 11.7. The van der Waals surface area contributed by atoms with Crippen molar-refractivity contribution in [3.63, 3.8) is 0 Å². The number of thiophene rings is 1. The van der Waals surface area contributed by atoms with Crippen LogP contribution in [-0.4, -0.2) is 12.6 Å². The fraction of sp³-hybridized carbons (Fsp3) is 0.500. The number of hydrogen-bond donors (Lipinski definition) is 1. The van der Waals surface area contributed by atoms with Crippen LogP contribution < -0.4 is 5.73 Å². The third kappa shape index (κ3) is 4.20. The summed E-state index contributed by atoms with van der Waals surface area (Å²) < 4.78 is 4.84. The molecule has 2 N–H and O–H groups in total. The Kier molecular flexibility index (Phi) is 6.56. The van der Waals surface area contributed by atoms with E-state index in [4.69, 9.17) is 10.5 Å². The van der Waals surface area contributed by atoms with Gasteiger partial charge in [-0.1, -0.05) is 0 Å². The molecule has 0 aliphatic heterocycles. The number of rotatable bonds is 4. The zero-order valence-corrected chi connectivity index (χ0v) is 10.5. The zero-order chi connectivity index (χ0) is 10.6. The summed E-state index contributed by atoms with van der Waals surface area (Å²) in [5.41, 5.74) is 7.03. The molecule has 3 nitrogen and oxygen atoms in total. The molecule has 0 fully saturated rings. The average molecular weight is 250 g/mol. The molecule has 86 valence electrons. The molecule has 1 aromatic heterocycles. The van der Waals surface area contributed by atoms with Crippen LogP contribution >= 0.6 is 23.7 Å². The number of hydrogen-bond acceptors (Lipinski definition) is 4. The SMILES string of the molecule is CCOC(=O)C[C@H](N)c1sccc1C.Cl. The Morgan fingerprint density at radius 3 is 2.80 bits per heavy atom. The van der Waals surface area contributed by atoms with Gasteiger partial charge in [-0.15, -0.1) is 23.7 Å². The molecule has 0 amide bonds. The molecule has 0 saturated heterocycles. The molecule has 1 atom stereocenters. The van der Waals surface area contributed by atoms with Crippen LogP contribution in [0.4, 0.5) is 0 Å². The second kappa shape index (κ2) is 6.82. The van der Waals surface area contributed by atoms with Gasteiger partial charge in [0, 0.05) is 10.9 Å². The lowest BCUT2D eigenvalue weighted by molar-refractivity contribution is -0.143. The van der Waals surface area contributed by atoms with Crippen LogP contribution in [0.25, 0.3) is 0 Å². The van der Waals surface area contributed by atoms with Crippen molar-refractivity contribution in [2.45, 2.75) is 26.3 Å². The maximum Gasteiger partial charge on any atom is 0.307 e. The van der Waals surface area contributed by atoms with Crippen LogP contribution in [0, 0.1) is 6.92 Å². The lowest BCUT2D eigenvalue weighted by atomic mass is 10.1. The van der Waals surface area contributed by atoms with Crippen LogP contribution in [0.15, 0.2) is 11.4 Å². The second-order valence-electron chi connectivity index (χ2n) is 3.08. The van der Waals surface area contributed by atoms with Gasteiger partial charge in [0.2, 0.25) is 0 Å². The molecular weight excluding hydrogens is 234 g/mol. The van der Waals surface area contributed by atoms with E-state index in [-0.39, 0.29) is 30.8 Å². The van der Waals surface area contributed by atoms with Gasteiger partial charge in [0.1, 0.15) is 0 Å². The van der Waals surface area contributed by atoms with E-state index < -0.39 is 0 Å². The summed E-state index contributed by atoms with van der Waals surface area (Å²) in [6.07, 6.45) is 0.259. The Bertz CT molecular complexity index is 314. The molecule has 1 rings (SSSR count).